The molecule has 0 saturated carbocycles. The highest BCUT2D eigenvalue weighted by Crippen LogP contribution is 2.35. The van der Waals surface area contributed by atoms with E-state index in [-0.39, 0.29) is 6.10 Å². The Hall–Kier alpha value is -2.73. The summed E-state index contributed by atoms with van der Waals surface area (Å²) in [7, 11) is 5.21. The maximum atomic E-state index is 6.04. The van der Waals surface area contributed by atoms with E-state index < -0.39 is 0 Å². The summed E-state index contributed by atoms with van der Waals surface area (Å²) in [5.41, 5.74) is 3.82. The fraction of sp³-hybridized carbons (Fsp3) is 0.458. The summed E-state index contributed by atoms with van der Waals surface area (Å²) in [6.45, 7) is 3.38. The van der Waals surface area contributed by atoms with Crippen LogP contribution in [0.5, 0.6) is 11.5 Å². The Labute approximate surface area is 178 Å². The normalized spacial score (nSPS) is 21.3. The molecule has 0 spiro atoms. The number of nitrogens with zero attached hydrogens (tertiary/aromatic N) is 2. The van der Waals surface area contributed by atoms with E-state index in [1.165, 1.54) is 16.7 Å². The number of fused-ring (bicyclic) bond motifs is 1. The van der Waals surface area contributed by atoms with Crippen LogP contribution in [0.3, 0.4) is 0 Å². The molecule has 2 atom stereocenters. The van der Waals surface area contributed by atoms with Gasteiger partial charge in [-0.15, -0.1) is 0 Å². The first-order chi connectivity index (χ1) is 14.7. The lowest BCUT2D eigenvalue weighted by molar-refractivity contribution is 0.0913. The molecule has 2 aromatic carbocycles. The molecule has 2 aliphatic rings. The third-order valence-corrected chi connectivity index (χ3v) is 6.09. The van der Waals surface area contributed by atoms with Crippen LogP contribution in [-0.2, 0) is 17.7 Å². The molecule has 160 valence electrons. The highest BCUT2D eigenvalue weighted by atomic mass is 16.5. The number of nitrogens with one attached hydrogen (secondary N) is 1. The summed E-state index contributed by atoms with van der Waals surface area (Å²) in [6, 6.07) is 14.7. The smallest absolute Gasteiger partial charge is 0.193 e. The molecule has 30 heavy (non-hydrogen) atoms. The van der Waals surface area contributed by atoms with Crippen molar-refractivity contribution in [3.05, 3.63) is 59.2 Å². The molecule has 2 unspecified atom stereocenters. The van der Waals surface area contributed by atoms with Crippen LogP contribution in [-0.4, -0.2) is 51.8 Å². The SMILES string of the molecule is CN=C(NCC1CCOC1c1ccccc1)N1CCc2cc(OC)c(OC)cc2C1. The zero-order valence-electron chi connectivity index (χ0n) is 18.1. The fourth-order valence-electron chi connectivity index (χ4n) is 4.47. The molecule has 0 aliphatic carbocycles. The van der Waals surface area contributed by atoms with Crippen LogP contribution in [0.1, 0.15) is 29.2 Å². The standard InChI is InChI=1S/C24H31N3O3/c1-25-24(26-15-19-10-12-30-23(19)17-7-5-4-6-8-17)27-11-9-18-13-21(28-2)22(29-3)14-20(18)16-27/h4-8,13-14,19,23H,9-12,15-16H2,1-3H3,(H,25,26). The van der Waals surface area contributed by atoms with Gasteiger partial charge in [0.2, 0.25) is 0 Å². The predicted octanol–water partition coefficient (Wildman–Crippen LogP) is 3.42. The quantitative estimate of drug-likeness (QED) is 0.606. The van der Waals surface area contributed by atoms with E-state index in [1.54, 1.807) is 14.2 Å². The summed E-state index contributed by atoms with van der Waals surface area (Å²) in [5, 5.41) is 3.60. The van der Waals surface area contributed by atoms with E-state index in [0.29, 0.717) is 5.92 Å². The Bertz CT molecular complexity index is 885. The average molecular weight is 410 g/mol. The summed E-state index contributed by atoms with van der Waals surface area (Å²) in [4.78, 5) is 6.86. The summed E-state index contributed by atoms with van der Waals surface area (Å²) in [5.74, 6) is 2.94. The first kappa shape index (κ1) is 20.5. The molecular weight excluding hydrogens is 378 g/mol. The van der Waals surface area contributed by atoms with Crippen LogP contribution in [0.25, 0.3) is 0 Å². The van der Waals surface area contributed by atoms with E-state index in [9.17, 15) is 0 Å². The fourth-order valence-corrected chi connectivity index (χ4v) is 4.47. The molecule has 6 heteroatoms. The molecule has 1 fully saturated rings. The van der Waals surface area contributed by atoms with Gasteiger partial charge in [0.15, 0.2) is 17.5 Å². The van der Waals surface area contributed by atoms with Crippen molar-refractivity contribution < 1.29 is 14.2 Å². The van der Waals surface area contributed by atoms with Gasteiger partial charge in [0.1, 0.15) is 0 Å². The van der Waals surface area contributed by atoms with Crippen LogP contribution < -0.4 is 14.8 Å². The average Bonchev–Trinajstić information content (AvgIpc) is 3.27. The second-order valence-electron chi connectivity index (χ2n) is 7.83. The van der Waals surface area contributed by atoms with Crippen LogP contribution in [0.2, 0.25) is 0 Å². The predicted molar refractivity (Wildman–Crippen MR) is 118 cm³/mol. The lowest BCUT2D eigenvalue weighted by Gasteiger charge is -2.33. The van der Waals surface area contributed by atoms with E-state index in [4.69, 9.17) is 14.2 Å². The van der Waals surface area contributed by atoms with Gasteiger partial charge < -0.3 is 24.4 Å². The Balaban J connectivity index is 1.42. The van der Waals surface area contributed by atoms with Crippen LogP contribution in [0.15, 0.2) is 47.5 Å². The van der Waals surface area contributed by atoms with Gasteiger partial charge >= 0.3 is 0 Å². The van der Waals surface area contributed by atoms with E-state index in [2.05, 4.69) is 51.6 Å². The maximum absolute atomic E-state index is 6.04. The minimum Gasteiger partial charge on any atom is -0.493 e. The first-order valence-electron chi connectivity index (χ1n) is 10.6. The Kier molecular flexibility index (Phi) is 6.43. The van der Waals surface area contributed by atoms with Crippen molar-refractivity contribution in [2.24, 2.45) is 10.9 Å². The molecule has 1 N–H and O–H groups in total. The first-order valence-corrected chi connectivity index (χ1v) is 10.6. The number of methoxy groups -OCH3 is 2. The van der Waals surface area contributed by atoms with Gasteiger partial charge in [-0.25, -0.2) is 0 Å². The molecule has 0 amide bonds. The summed E-state index contributed by atoms with van der Waals surface area (Å²) in [6.07, 6.45) is 2.16. The largest absolute Gasteiger partial charge is 0.493 e. The van der Waals surface area contributed by atoms with Crippen LogP contribution in [0.4, 0.5) is 0 Å². The third kappa shape index (κ3) is 4.24. The molecule has 4 rings (SSSR count). The van der Waals surface area contributed by atoms with Crippen LogP contribution >= 0.6 is 0 Å². The second kappa shape index (κ2) is 9.39. The molecule has 0 bridgehead atoms. The lowest BCUT2D eigenvalue weighted by Crippen LogP contribution is -2.45. The van der Waals surface area contributed by atoms with Gasteiger partial charge in [0.25, 0.3) is 0 Å². The minimum absolute atomic E-state index is 0.149. The lowest BCUT2D eigenvalue weighted by atomic mass is 9.95. The van der Waals surface area contributed by atoms with Crippen molar-refractivity contribution in [2.75, 3.05) is 41.0 Å². The molecule has 2 heterocycles. The number of guanidine groups is 1. The van der Waals surface area contributed by atoms with Crippen molar-refractivity contribution in [1.29, 1.82) is 0 Å². The Morgan fingerprint density at radius 3 is 2.57 bits per heavy atom. The van der Waals surface area contributed by atoms with E-state index in [0.717, 1.165) is 56.5 Å². The molecule has 6 nitrogen and oxygen atoms in total. The van der Waals surface area contributed by atoms with Crippen molar-refractivity contribution in [3.63, 3.8) is 0 Å². The molecule has 0 aromatic heterocycles. The molecule has 2 aromatic rings. The molecule has 1 saturated heterocycles. The molecule has 0 radical (unpaired) electrons. The highest BCUT2D eigenvalue weighted by Gasteiger charge is 2.30. The zero-order valence-corrected chi connectivity index (χ0v) is 18.1. The highest BCUT2D eigenvalue weighted by molar-refractivity contribution is 5.80. The van der Waals surface area contributed by atoms with E-state index in [1.807, 2.05) is 13.1 Å². The monoisotopic (exact) mass is 409 g/mol. The van der Waals surface area contributed by atoms with Gasteiger partial charge in [-0.1, -0.05) is 30.3 Å². The summed E-state index contributed by atoms with van der Waals surface area (Å²) >= 11 is 0. The van der Waals surface area contributed by atoms with Crippen molar-refractivity contribution in [2.45, 2.75) is 25.5 Å². The number of benzene rings is 2. The van der Waals surface area contributed by atoms with Gasteiger partial charge in [-0.2, -0.15) is 0 Å². The number of hydrogen-bond acceptors (Lipinski definition) is 4. The van der Waals surface area contributed by atoms with Gasteiger partial charge in [-0.3, -0.25) is 4.99 Å². The number of hydrogen-bond donors (Lipinski definition) is 1. The van der Waals surface area contributed by atoms with E-state index >= 15 is 0 Å². The Morgan fingerprint density at radius 2 is 1.87 bits per heavy atom. The second-order valence-corrected chi connectivity index (χ2v) is 7.83. The van der Waals surface area contributed by atoms with Gasteiger partial charge in [0, 0.05) is 39.2 Å². The van der Waals surface area contributed by atoms with Crippen molar-refractivity contribution in [1.82, 2.24) is 10.2 Å². The summed E-state index contributed by atoms with van der Waals surface area (Å²) < 4.78 is 17.0. The van der Waals surface area contributed by atoms with Crippen molar-refractivity contribution >= 4 is 5.96 Å². The maximum Gasteiger partial charge on any atom is 0.193 e. The third-order valence-electron chi connectivity index (χ3n) is 6.09. The minimum atomic E-state index is 0.149. The molecular formula is C24H31N3O3. The zero-order chi connectivity index (χ0) is 20.9. The van der Waals surface area contributed by atoms with Gasteiger partial charge in [0.05, 0.1) is 20.3 Å². The number of aliphatic imine (C=N–C) groups is 1. The van der Waals surface area contributed by atoms with Crippen LogP contribution in [0, 0.1) is 5.92 Å². The van der Waals surface area contributed by atoms with Gasteiger partial charge in [-0.05, 0) is 41.7 Å². The van der Waals surface area contributed by atoms with Crippen molar-refractivity contribution in [3.8, 4) is 11.5 Å². The Morgan fingerprint density at radius 1 is 1.13 bits per heavy atom. The number of rotatable bonds is 5. The number of ether oxygens (including phenoxy) is 3. The topological polar surface area (TPSA) is 55.3 Å². The molecule has 2 aliphatic heterocycles.